The van der Waals surface area contributed by atoms with E-state index in [4.69, 9.17) is 23.2 Å². The molecule has 0 unspecified atom stereocenters. The molecule has 0 aromatic heterocycles. The molecule has 25 heavy (non-hydrogen) atoms. The number of halogens is 3. The second-order valence-corrected chi connectivity index (χ2v) is 7.31. The lowest BCUT2D eigenvalue weighted by atomic mass is 10.1. The molecule has 0 radical (unpaired) electrons. The standard InChI is InChI=1S/C19H18Cl2FN3/c20-15-2-4-16(5-3-15)25-12-14-11-24(8-7-19(14)23-25)10-13-1-6-18(22)17(21)9-13/h1-6,9,23H,7-8,10-12H2. The Labute approximate surface area is 156 Å². The van der Waals surface area contributed by atoms with Crippen molar-refractivity contribution in [3.63, 3.8) is 0 Å². The number of hydrazine groups is 1. The number of hydrogen-bond acceptors (Lipinski definition) is 3. The highest BCUT2D eigenvalue weighted by molar-refractivity contribution is 6.31. The monoisotopic (exact) mass is 377 g/mol. The first kappa shape index (κ1) is 16.7. The minimum absolute atomic E-state index is 0.186. The van der Waals surface area contributed by atoms with Gasteiger partial charge in [-0.05, 0) is 47.5 Å². The molecule has 0 aliphatic carbocycles. The molecule has 0 saturated carbocycles. The van der Waals surface area contributed by atoms with Gasteiger partial charge in [-0.15, -0.1) is 0 Å². The third kappa shape index (κ3) is 3.61. The molecule has 2 aliphatic rings. The van der Waals surface area contributed by atoms with Crippen molar-refractivity contribution >= 4 is 28.9 Å². The molecule has 2 aromatic carbocycles. The summed E-state index contributed by atoms with van der Waals surface area (Å²) < 4.78 is 13.3. The van der Waals surface area contributed by atoms with Crippen LogP contribution >= 0.6 is 23.2 Å². The second-order valence-electron chi connectivity index (χ2n) is 6.47. The summed E-state index contributed by atoms with van der Waals surface area (Å²) in [5.74, 6) is -0.368. The van der Waals surface area contributed by atoms with Crippen LogP contribution in [0.2, 0.25) is 10.0 Å². The van der Waals surface area contributed by atoms with Crippen LogP contribution in [-0.2, 0) is 6.54 Å². The number of rotatable bonds is 3. The maximum Gasteiger partial charge on any atom is 0.141 e. The summed E-state index contributed by atoms with van der Waals surface area (Å²) in [7, 11) is 0. The summed E-state index contributed by atoms with van der Waals surface area (Å²) in [6.45, 7) is 3.51. The quantitative estimate of drug-likeness (QED) is 0.841. The van der Waals surface area contributed by atoms with E-state index in [1.54, 1.807) is 12.1 Å². The molecular weight excluding hydrogens is 360 g/mol. The third-order valence-corrected chi connectivity index (χ3v) is 5.21. The predicted molar refractivity (Wildman–Crippen MR) is 100 cm³/mol. The van der Waals surface area contributed by atoms with Gasteiger partial charge in [0.15, 0.2) is 0 Å². The van der Waals surface area contributed by atoms with Gasteiger partial charge in [0, 0.05) is 36.8 Å². The molecule has 0 bridgehead atoms. The van der Waals surface area contributed by atoms with Crippen LogP contribution in [0.5, 0.6) is 0 Å². The highest BCUT2D eigenvalue weighted by Gasteiger charge is 2.27. The molecule has 2 aromatic rings. The van der Waals surface area contributed by atoms with Crippen molar-refractivity contribution < 1.29 is 4.39 Å². The predicted octanol–water partition coefficient (Wildman–Crippen LogP) is 4.62. The van der Waals surface area contributed by atoms with Gasteiger partial charge in [0.25, 0.3) is 0 Å². The Bertz CT molecular complexity index is 820. The van der Waals surface area contributed by atoms with E-state index in [1.807, 2.05) is 24.3 Å². The summed E-state index contributed by atoms with van der Waals surface area (Å²) in [6.07, 6.45) is 0.981. The van der Waals surface area contributed by atoms with Crippen LogP contribution in [0.4, 0.5) is 10.1 Å². The molecule has 4 rings (SSSR count). The van der Waals surface area contributed by atoms with Gasteiger partial charge in [0.05, 0.1) is 17.3 Å². The fourth-order valence-corrected chi connectivity index (χ4v) is 3.70. The molecule has 0 fully saturated rings. The summed E-state index contributed by atoms with van der Waals surface area (Å²) >= 11 is 11.9. The van der Waals surface area contributed by atoms with Crippen molar-refractivity contribution in [3.05, 3.63) is 75.2 Å². The van der Waals surface area contributed by atoms with Crippen LogP contribution in [0, 0.1) is 5.82 Å². The van der Waals surface area contributed by atoms with Crippen LogP contribution in [-0.4, -0.2) is 24.5 Å². The van der Waals surface area contributed by atoms with Crippen molar-refractivity contribution in [1.29, 1.82) is 0 Å². The van der Waals surface area contributed by atoms with Gasteiger partial charge in [0.2, 0.25) is 0 Å². The minimum Gasteiger partial charge on any atom is -0.302 e. The topological polar surface area (TPSA) is 18.5 Å². The fraction of sp³-hybridized carbons (Fsp3) is 0.263. The van der Waals surface area contributed by atoms with Gasteiger partial charge >= 0.3 is 0 Å². The van der Waals surface area contributed by atoms with Crippen molar-refractivity contribution in [2.45, 2.75) is 13.0 Å². The van der Waals surface area contributed by atoms with E-state index in [0.29, 0.717) is 0 Å². The van der Waals surface area contributed by atoms with Gasteiger partial charge in [-0.3, -0.25) is 9.91 Å². The highest BCUT2D eigenvalue weighted by atomic mass is 35.5. The molecular formula is C19H18Cl2FN3. The molecule has 0 amide bonds. The van der Waals surface area contributed by atoms with Gasteiger partial charge < -0.3 is 5.43 Å². The zero-order chi connectivity index (χ0) is 17.4. The van der Waals surface area contributed by atoms with Crippen LogP contribution in [0.25, 0.3) is 0 Å². The first-order valence-corrected chi connectivity index (χ1v) is 9.01. The maximum absolute atomic E-state index is 13.3. The van der Waals surface area contributed by atoms with Gasteiger partial charge in [-0.1, -0.05) is 29.3 Å². The molecule has 0 atom stereocenters. The normalized spacial score (nSPS) is 17.6. The van der Waals surface area contributed by atoms with Crippen LogP contribution in [0.3, 0.4) is 0 Å². The van der Waals surface area contributed by atoms with E-state index in [0.717, 1.165) is 48.9 Å². The van der Waals surface area contributed by atoms with Gasteiger partial charge in [0.1, 0.15) is 5.82 Å². The van der Waals surface area contributed by atoms with Crippen molar-refractivity contribution in [2.75, 3.05) is 24.6 Å². The molecule has 130 valence electrons. The average Bonchev–Trinajstić information content (AvgIpc) is 3.02. The number of anilines is 1. The van der Waals surface area contributed by atoms with Gasteiger partial charge in [-0.25, -0.2) is 4.39 Å². The Hall–Kier alpha value is -1.75. The Morgan fingerprint density at radius 1 is 1.04 bits per heavy atom. The van der Waals surface area contributed by atoms with Gasteiger partial charge in [-0.2, -0.15) is 0 Å². The summed E-state index contributed by atoms with van der Waals surface area (Å²) in [5.41, 5.74) is 8.35. The minimum atomic E-state index is -0.368. The largest absolute Gasteiger partial charge is 0.302 e. The zero-order valence-electron chi connectivity index (χ0n) is 13.6. The molecule has 3 nitrogen and oxygen atoms in total. The van der Waals surface area contributed by atoms with E-state index in [2.05, 4.69) is 15.3 Å². The Kier molecular flexibility index (Phi) is 4.59. The molecule has 1 N–H and O–H groups in total. The maximum atomic E-state index is 13.3. The summed E-state index contributed by atoms with van der Waals surface area (Å²) in [6, 6.07) is 12.8. The smallest absolute Gasteiger partial charge is 0.141 e. The Morgan fingerprint density at radius 3 is 2.60 bits per heavy atom. The second kappa shape index (κ2) is 6.87. The lowest BCUT2D eigenvalue weighted by molar-refractivity contribution is 0.277. The van der Waals surface area contributed by atoms with Crippen LogP contribution in [0.15, 0.2) is 53.7 Å². The SMILES string of the molecule is Fc1ccc(CN2CCC3=C(C2)CN(c2ccc(Cl)cc2)N3)cc1Cl. The number of benzene rings is 2. The summed E-state index contributed by atoms with van der Waals surface area (Å²) in [4.78, 5) is 2.37. The fourth-order valence-electron chi connectivity index (χ4n) is 3.37. The lowest BCUT2D eigenvalue weighted by Crippen LogP contribution is -2.33. The molecule has 2 heterocycles. The molecule has 0 saturated heterocycles. The first-order valence-electron chi connectivity index (χ1n) is 8.25. The van der Waals surface area contributed by atoms with E-state index in [-0.39, 0.29) is 10.8 Å². The third-order valence-electron chi connectivity index (χ3n) is 4.67. The zero-order valence-corrected chi connectivity index (χ0v) is 15.1. The highest BCUT2D eigenvalue weighted by Crippen LogP contribution is 2.28. The lowest BCUT2D eigenvalue weighted by Gasteiger charge is -2.27. The first-order chi connectivity index (χ1) is 12.1. The van der Waals surface area contributed by atoms with E-state index in [1.165, 1.54) is 17.3 Å². The summed E-state index contributed by atoms with van der Waals surface area (Å²) in [5, 5.41) is 3.08. The van der Waals surface area contributed by atoms with Crippen molar-refractivity contribution in [2.24, 2.45) is 0 Å². The van der Waals surface area contributed by atoms with Crippen LogP contribution in [0.1, 0.15) is 12.0 Å². The number of nitrogens with zero attached hydrogens (tertiary/aromatic N) is 2. The molecule has 2 aliphatic heterocycles. The number of hydrogen-bond donors (Lipinski definition) is 1. The molecule has 6 heteroatoms. The Balaban J connectivity index is 1.41. The van der Waals surface area contributed by atoms with E-state index in [9.17, 15) is 4.39 Å². The Morgan fingerprint density at radius 2 is 1.84 bits per heavy atom. The number of nitrogens with one attached hydrogen (secondary N) is 1. The molecule has 0 spiro atoms. The average molecular weight is 378 g/mol. The van der Waals surface area contributed by atoms with Crippen molar-refractivity contribution in [3.8, 4) is 0 Å². The van der Waals surface area contributed by atoms with Crippen molar-refractivity contribution in [1.82, 2.24) is 10.3 Å². The van der Waals surface area contributed by atoms with Crippen LogP contribution < -0.4 is 10.4 Å². The van der Waals surface area contributed by atoms with E-state index >= 15 is 0 Å². The van der Waals surface area contributed by atoms with E-state index < -0.39 is 0 Å².